The van der Waals surface area contributed by atoms with Crippen LogP contribution < -0.4 is 5.32 Å². The van der Waals surface area contributed by atoms with E-state index in [9.17, 15) is 4.79 Å². The van der Waals surface area contributed by atoms with Gasteiger partial charge in [0.25, 0.3) is 5.91 Å². The monoisotopic (exact) mass is 333 g/mol. The number of rotatable bonds is 2. The molecule has 6 nitrogen and oxygen atoms in total. The molecule has 0 aliphatic carbocycles. The first kappa shape index (κ1) is 14.6. The molecule has 1 aromatic carbocycles. The summed E-state index contributed by atoms with van der Waals surface area (Å²) in [6.45, 7) is 2.71. The molecule has 3 aromatic rings. The summed E-state index contributed by atoms with van der Waals surface area (Å²) in [5.74, 6) is 0.965. The van der Waals surface area contributed by atoms with Crippen LogP contribution in [0.3, 0.4) is 0 Å². The summed E-state index contributed by atoms with van der Waals surface area (Å²) in [6.07, 6.45) is 1.72. The third-order valence-corrected chi connectivity index (χ3v) is 5.49. The molecule has 0 saturated carbocycles. The second-order valence-electron chi connectivity index (χ2n) is 6.90. The number of carbonyl (C=O) groups excluding carboxylic acids is 1. The van der Waals surface area contributed by atoms with Crippen LogP contribution in [0.15, 0.2) is 48.7 Å². The number of likely N-dealkylation sites (tertiary alicyclic amines) is 1. The van der Waals surface area contributed by atoms with E-state index < -0.39 is 0 Å². The van der Waals surface area contributed by atoms with Crippen molar-refractivity contribution < 1.29 is 4.79 Å². The van der Waals surface area contributed by atoms with Crippen molar-refractivity contribution in [1.82, 2.24) is 25.4 Å². The fraction of sp³-hybridized carbons (Fsp3) is 0.316. The molecule has 0 spiro atoms. The third-order valence-electron chi connectivity index (χ3n) is 5.49. The van der Waals surface area contributed by atoms with Crippen LogP contribution in [0.25, 0.3) is 11.0 Å². The molecule has 0 bridgehead atoms. The van der Waals surface area contributed by atoms with Crippen molar-refractivity contribution in [3.05, 3.63) is 59.9 Å². The Bertz CT molecular complexity index is 922. The first-order chi connectivity index (χ1) is 12.3. The van der Waals surface area contributed by atoms with Gasteiger partial charge in [0.2, 0.25) is 0 Å². The van der Waals surface area contributed by atoms with Crippen molar-refractivity contribution >= 4 is 16.9 Å². The van der Waals surface area contributed by atoms with Gasteiger partial charge in [0.15, 0.2) is 5.65 Å². The Morgan fingerprint density at radius 2 is 2.00 bits per heavy atom. The third kappa shape index (κ3) is 2.33. The van der Waals surface area contributed by atoms with E-state index in [2.05, 4.69) is 32.6 Å². The predicted molar refractivity (Wildman–Crippen MR) is 94.0 cm³/mol. The highest BCUT2D eigenvalue weighted by Gasteiger charge is 2.47. The fourth-order valence-corrected chi connectivity index (χ4v) is 4.30. The Balaban J connectivity index is 1.53. The van der Waals surface area contributed by atoms with Crippen LogP contribution in [0, 0.1) is 11.8 Å². The van der Waals surface area contributed by atoms with Gasteiger partial charge in [-0.15, -0.1) is 0 Å². The minimum Gasteiger partial charge on any atom is -0.330 e. The molecular formula is C19H19N5O. The molecule has 2 fully saturated rings. The second kappa shape index (κ2) is 5.67. The van der Waals surface area contributed by atoms with Gasteiger partial charge in [-0.2, -0.15) is 5.10 Å². The SMILES string of the molecule is O=C(c1ccc2cn[nH]c2n1)N1C[C@@H]2CNC[C@@H]2[C@@H]1c1ccccc1. The van der Waals surface area contributed by atoms with Gasteiger partial charge in [0, 0.05) is 30.9 Å². The lowest BCUT2D eigenvalue weighted by Crippen LogP contribution is -2.35. The molecule has 2 aliphatic heterocycles. The van der Waals surface area contributed by atoms with Gasteiger partial charge in [-0.05, 0) is 23.6 Å². The molecule has 25 heavy (non-hydrogen) atoms. The van der Waals surface area contributed by atoms with E-state index in [4.69, 9.17) is 0 Å². The van der Waals surface area contributed by atoms with Gasteiger partial charge in [0.05, 0.1) is 12.2 Å². The van der Waals surface area contributed by atoms with Crippen LogP contribution in [0.4, 0.5) is 0 Å². The van der Waals surface area contributed by atoms with E-state index in [1.807, 2.05) is 29.2 Å². The van der Waals surface area contributed by atoms with Crippen LogP contribution >= 0.6 is 0 Å². The minimum atomic E-state index is -0.000229. The van der Waals surface area contributed by atoms with Gasteiger partial charge < -0.3 is 10.2 Å². The van der Waals surface area contributed by atoms with Crippen LogP contribution in [-0.4, -0.2) is 45.6 Å². The summed E-state index contributed by atoms with van der Waals surface area (Å²) in [5.41, 5.74) is 2.34. The summed E-state index contributed by atoms with van der Waals surface area (Å²) >= 11 is 0. The van der Waals surface area contributed by atoms with Crippen molar-refractivity contribution in [2.75, 3.05) is 19.6 Å². The molecule has 2 saturated heterocycles. The van der Waals surface area contributed by atoms with E-state index in [-0.39, 0.29) is 11.9 Å². The van der Waals surface area contributed by atoms with Crippen molar-refractivity contribution in [2.24, 2.45) is 11.8 Å². The summed E-state index contributed by atoms with van der Waals surface area (Å²) in [5, 5.41) is 11.2. The van der Waals surface area contributed by atoms with Crippen LogP contribution in [-0.2, 0) is 0 Å². The van der Waals surface area contributed by atoms with E-state index in [1.54, 1.807) is 12.3 Å². The number of hydrogen-bond acceptors (Lipinski definition) is 4. The summed E-state index contributed by atoms with van der Waals surface area (Å²) in [6, 6.07) is 14.2. The topological polar surface area (TPSA) is 73.9 Å². The zero-order chi connectivity index (χ0) is 16.8. The maximum absolute atomic E-state index is 13.2. The summed E-state index contributed by atoms with van der Waals surface area (Å²) in [7, 11) is 0. The molecule has 0 radical (unpaired) electrons. The smallest absolute Gasteiger partial charge is 0.273 e. The molecule has 126 valence electrons. The van der Waals surface area contributed by atoms with E-state index >= 15 is 0 Å². The number of nitrogens with one attached hydrogen (secondary N) is 2. The number of carbonyl (C=O) groups is 1. The number of amides is 1. The minimum absolute atomic E-state index is 0.000229. The number of H-pyrrole nitrogens is 1. The number of hydrogen-bond donors (Lipinski definition) is 2. The lowest BCUT2D eigenvalue weighted by molar-refractivity contribution is 0.0708. The van der Waals surface area contributed by atoms with Gasteiger partial charge in [0.1, 0.15) is 5.69 Å². The summed E-state index contributed by atoms with van der Waals surface area (Å²) < 4.78 is 0. The molecule has 0 unspecified atom stereocenters. The second-order valence-corrected chi connectivity index (χ2v) is 6.90. The number of benzene rings is 1. The van der Waals surface area contributed by atoms with Crippen molar-refractivity contribution in [2.45, 2.75) is 6.04 Å². The first-order valence-electron chi connectivity index (χ1n) is 8.68. The van der Waals surface area contributed by atoms with Crippen LogP contribution in [0.1, 0.15) is 22.1 Å². The Morgan fingerprint density at radius 3 is 2.88 bits per heavy atom. The average Bonchev–Trinajstić information content (AvgIpc) is 3.36. The molecule has 1 amide bonds. The highest BCUT2D eigenvalue weighted by Crippen LogP contribution is 2.43. The van der Waals surface area contributed by atoms with Gasteiger partial charge in [-0.25, -0.2) is 4.98 Å². The zero-order valence-corrected chi connectivity index (χ0v) is 13.7. The Kier molecular flexibility index (Phi) is 3.31. The number of pyridine rings is 1. The van der Waals surface area contributed by atoms with Crippen LogP contribution in [0.2, 0.25) is 0 Å². The highest BCUT2D eigenvalue weighted by molar-refractivity contribution is 5.94. The molecule has 5 rings (SSSR count). The standard InChI is InChI=1S/C19H19N5O/c25-19(16-7-6-13-9-21-23-18(13)22-16)24-11-14-8-20-10-15(14)17(24)12-4-2-1-3-5-12/h1-7,9,14-15,17,20H,8,10-11H2,(H,21,22,23)/t14-,15-,17-/m0/s1. The van der Waals surface area contributed by atoms with Gasteiger partial charge in [-0.3, -0.25) is 9.89 Å². The highest BCUT2D eigenvalue weighted by atomic mass is 16.2. The normalized spacial score (nSPS) is 25.4. The predicted octanol–water partition coefficient (Wildman–Crippen LogP) is 1.99. The van der Waals surface area contributed by atoms with E-state index in [0.29, 0.717) is 23.2 Å². The molecular weight excluding hydrogens is 314 g/mol. The molecule has 3 atom stereocenters. The van der Waals surface area contributed by atoms with Gasteiger partial charge >= 0.3 is 0 Å². The van der Waals surface area contributed by atoms with Crippen molar-refractivity contribution in [1.29, 1.82) is 0 Å². The molecule has 6 heteroatoms. The molecule has 4 heterocycles. The number of nitrogens with zero attached hydrogens (tertiary/aromatic N) is 3. The Labute approximate surface area is 145 Å². The fourth-order valence-electron chi connectivity index (χ4n) is 4.30. The molecule has 2 aliphatic rings. The largest absolute Gasteiger partial charge is 0.330 e. The maximum atomic E-state index is 13.2. The van der Waals surface area contributed by atoms with Crippen molar-refractivity contribution in [3.8, 4) is 0 Å². The first-order valence-corrected chi connectivity index (χ1v) is 8.68. The molecule has 2 aromatic heterocycles. The van der Waals surface area contributed by atoms with E-state index in [1.165, 1.54) is 5.56 Å². The average molecular weight is 333 g/mol. The summed E-state index contributed by atoms with van der Waals surface area (Å²) in [4.78, 5) is 19.7. The quantitative estimate of drug-likeness (QED) is 0.752. The zero-order valence-electron chi connectivity index (χ0n) is 13.7. The van der Waals surface area contributed by atoms with E-state index in [0.717, 1.165) is 25.0 Å². The maximum Gasteiger partial charge on any atom is 0.273 e. The Morgan fingerprint density at radius 1 is 1.12 bits per heavy atom. The number of aromatic amines is 1. The molecule has 2 N–H and O–H groups in total. The van der Waals surface area contributed by atoms with Crippen LogP contribution in [0.5, 0.6) is 0 Å². The lowest BCUT2D eigenvalue weighted by atomic mass is 9.89. The van der Waals surface area contributed by atoms with Crippen molar-refractivity contribution in [3.63, 3.8) is 0 Å². The Hall–Kier alpha value is -2.73. The lowest BCUT2D eigenvalue weighted by Gasteiger charge is -2.28. The number of aromatic nitrogens is 3. The number of fused-ring (bicyclic) bond motifs is 2. The van der Waals surface area contributed by atoms with Gasteiger partial charge in [-0.1, -0.05) is 30.3 Å².